The lowest BCUT2D eigenvalue weighted by molar-refractivity contribution is -0.274. The van der Waals surface area contributed by atoms with E-state index in [1.807, 2.05) is 0 Å². The Kier molecular flexibility index (Phi) is 5.63. The van der Waals surface area contributed by atoms with Crippen LogP contribution in [0, 0.1) is 0 Å². The first kappa shape index (κ1) is 18.3. The zero-order valence-corrected chi connectivity index (χ0v) is 13.2. The van der Waals surface area contributed by atoms with E-state index in [1.54, 1.807) is 24.3 Å². The number of Topliss-reactive ketones (excluding diaryl/α,β-unsaturated/α-hetero) is 1. The van der Waals surface area contributed by atoms with Crippen LogP contribution in [0.4, 0.5) is 24.5 Å². The smallest absolute Gasteiger partial charge is 0.406 e. The molecule has 1 amide bonds. The fourth-order valence-electron chi connectivity index (χ4n) is 1.98. The molecule has 132 valence electrons. The van der Waals surface area contributed by atoms with Crippen LogP contribution in [0.2, 0.25) is 0 Å². The fourth-order valence-corrected chi connectivity index (χ4v) is 1.98. The van der Waals surface area contributed by atoms with Crippen molar-refractivity contribution in [2.75, 3.05) is 17.2 Å². The molecule has 0 aliphatic heterocycles. The van der Waals surface area contributed by atoms with Crippen LogP contribution in [0.25, 0.3) is 0 Å². The van der Waals surface area contributed by atoms with Gasteiger partial charge in [-0.25, -0.2) is 0 Å². The number of benzene rings is 2. The Morgan fingerprint density at radius 1 is 1.04 bits per heavy atom. The average Bonchev–Trinajstić information content (AvgIpc) is 2.53. The summed E-state index contributed by atoms with van der Waals surface area (Å²) in [4.78, 5) is 23.2. The lowest BCUT2D eigenvalue weighted by Gasteiger charge is -2.11. The topological polar surface area (TPSA) is 67.4 Å². The van der Waals surface area contributed by atoms with Gasteiger partial charge in [0.15, 0.2) is 5.78 Å². The number of halogens is 3. The lowest BCUT2D eigenvalue weighted by atomic mass is 10.1. The molecule has 25 heavy (non-hydrogen) atoms. The molecule has 5 nitrogen and oxygen atoms in total. The summed E-state index contributed by atoms with van der Waals surface area (Å²) < 4.78 is 40.0. The minimum absolute atomic E-state index is 0.0935. The van der Waals surface area contributed by atoms with Crippen LogP contribution in [0.15, 0.2) is 48.5 Å². The van der Waals surface area contributed by atoms with Crippen molar-refractivity contribution in [2.24, 2.45) is 0 Å². The molecule has 0 saturated carbocycles. The van der Waals surface area contributed by atoms with Crippen molar-refractivity contribution in [2.45, 2.75) is 13.3 Å². The number of amides is 1. The Balaban J connectivity index is 1.87. The maximum Gasteiger partial charge on any atom is 0.573 e. The second-order valence-corrected chi connectivity index (χ2v) is 5.11. The van der Waals surface area contributed by atoms with Crippen LogP contribution in [-0.2, 0) is 4.79 Å². The normalized spacial score (nSPS) is 10.9. The summed E-state index contributed by atoms with van der Waals surface area (Å²) in [5, 5.41) is 5.40. The summed E-state index contributed by atoms with van der Waals surface area (Å²) in [7, 11) is 0. The fraction of sp³-hybridized carbons (Fsp3) is 0.176. The van der Waals surface area contributed by atoms with Crippen LogP contribution >= 0.6 is 0 Å². The summed E-state index contributed by atoms with van der Waals surface area (Å²) in [6, 6.07) is 11.5. The van der Waals surface area contributed by atoms with Crippen LogP contribution < -0.4 is 15.4 Å². The van der Waals surface area contributed by atoms with Crippen molar-refractivity contribution >= 4 is 23.1 Å². The highest BCUT2D eigenvalue weighted by molar-refractivity contribution is 5.98. The highest BCUT2D eigenvalue weighted by Crippen LogP contribution is 2.23. The third-order valence-electron chi connectivity index (χ3n) is 3.09. The Morgan fingerprint density at radius 2 is 1.72 bits per heavy atom. The first-order valence-electron chi connectivity index (χ1n) is 7.23. The van der Waals surface area contributed by atoms with Crippen molar-refractivity contribution in [3.63, 3.8) is 0 Å². The maximum atomic E-state index is 12.1. The van der Waals surface area contributed by atoms with Gasteiger partial charge in [-0.1, -0.05) is 12.1 Å². The zero-order valence-electron chi connectivity index (χ0n) is 13.2. The molecule has 2 rings (SSSR count). The molecule has 0 unspecified atom stereocenters. The maximum absolute atomic E-state index is 12.1. The molecule has 0 spiro atoms. The summed E-state index contributed by atoms with van der Waals surface area (Å²) in [5.41, 5.74) is 1.42. The largest absolute Gasteiger partial charge is 0.573 e. The van der Waals surface area contributed by atoms with Crippen molar-refractivity contribution in [1.82, 2.24) is 0 Å². The number of ketones is 1. The van der Waals surface area contributed by atoms with Crippen LogP contribution in [0.3, 0.4) is 0 Å². The van der Waals surface area contributed by atoms with E-state index in [2.05, 4.69) is 15.4 Å². The number of alkyl halides is 3. The number of hydrogen-bond donors (Lipinski definition) is 2. The monoisotopic (exact) mass is 352 g/mol. The molecule has 2 aromatic carbocycles. The van der Waals surface area contributed by atoms with Gasteiger partial charge >= 0.3 is 6.36 Å². The van der Waals surface area contributed by atoms with Crippen molar-refractivity contribution in [3.8, 4) is 5.75 Å². The van der Waals surface area contributed by atoms with E-state index < -0.39 is 6.36 Å². The van der Waals surface area contributed by atoms with E-state index in [0.717, 1.165) is 12.1 Å². The van der Waals surface area contributed by atoms with Crippen LogP contribution in [0.5, 0.6) is 5.75 Å². The molecule has 0 heterocycles. The second kappa shape index (κ2) is 7.69. The van der Waals surface area contributed by atoms with Gasteiger partial charge in [0, 0.05) is 16.9 Å². The number of nitrogens with one attached hydrogen (secondary N) is 2. The number of ether oxygens (including phenoxy) is 1. The first-order valence-corrected chi connectivity index (χ1v) is 7.23. The Hall–Kier alpha value is -3.03. The van der Waals surface area contributed by atoms with Gasteiger partial charge < -0.3 is 15.4 Å². The number of anilines is 2. The summed E-state index contributed by atoms with van der Waals surface area (Å²) in [6.45, 7) is 1.33. The highest BCUT2D eigenvalue weighted by atomic mass is 19.4. The molecule has 8 heteroatoms. The first-order chi connectivity index (χ1) is 11.7. The van der Waals surface area contributed by atoms with E-state index >= 15 is 0 Å². The lowest BCUT2D eigenvalue weighted by Crippen LogP contribution is -2.22. The zero-order chi connectivity index (χ0) is 18.4. The summed E-state index contributed by atoms with van der Waals surface area (Å²) >= 11 is 0. The molecule has 0 aliphatic rings. The van der Waals surface area contributed by atoms with Crippen molar-refractivity contribution < 1.29 is 27.5 Å². The van der Waals surface area contributed by atoms with Crippen molar-refractivity contribution in [1.29, 1.82) is 0 Å². The molecular formula is C17H15F3N2O3. The molecule has 0 radical (unpaired) electrons. The molecule has 0 aromatic heterocycles. The predicted molar refractivity (Wildman–Crippen MR) is 86.7 cm³/mol. The Labute approximate surface area is 141 Å². The van der Waals surface area contributed by atoms with Gasteiger partial charge in [0.2, 0.25) is 5.91 Å². The van der Waals surface area contributed by atoms with E-state index in [9.17, 15) is 22.8 Å². The quantitative estimate of drug-likeness (QED) is 0.775. The van der Waals surface area contributed by atoms with E-state index in [4.69, 9.17) is 0 Å². The second-order valence-electron chi connectivity index (χ2n) is 5.11. The van der Waals surface area contributed by atoms with E-state index in [-0.39, 0.29) is 24.0 Å². The number of carbonyl (C=O) groups is 2. The molecule has 0 fully saturated rings. The molecule has 2 N–H and O–H groups in total. The summed E-state index contributed by atoms with van der Waals surface area (Å²) in [6.07, 6.45) is -4.75. The minimum atomic E-state index is -4.75. The van der Waals surface area contributed by atoms with Gasteiger partial charge in [-0.15, -0.1) is 13.2 Å². The van der Waals surface area contributed by atoms with Gasteiger partial charge in [-0.2, -0.15) is 0 Å². The highest BCUT2D eigenvalue weighted by Gasteiger charge is 2.30. The molecule has 0 atom stereocenters. The van der Waals surface area contributed by atoms with Crippen LogP contribution in [0.1, 0.15) is 17.3 Å². The SMILES string of the molecule is CC(=O)c1cccc(NC(=O)CNc2ccc(OC(F)(F)F)cc2)c1. The molecular weight excluding hydrogens is 337 g/mol. The van der Waals surface area contributed by atoms with Crippen LogP contribution in [-0.4, -0.2) is 24.6 Å². The number of hydrogen-bond acceptors (Lipinski definition) is 4. The molecule has 0 bridgehead atoms. The van der Waals surface area contributed by atoms with E-state index in [0.29, 0.717) is 16.9 Å². The molecule has 0 saturated heterocycles. The average molecular weight is 352 g/mol. The standard InChI is InChI=1S/C17H15F3N2O3/c1-11(23)12-3-2-4-14(9-12)22-16(24)10-21-13-5-7-15(8-6-13)25-17(18,19)20/h2-9,21H,10H2,1H3,(H,22,24). The van der Waals surface area contributed by atoms with E-state index in [1.165, 1.54) is 19.1 Å². The van der Waals surface area contributed by atoms with Gasteiger partial charge in [0.1, 0.15) is 5.75 Å². The van der Waals surface area contributed by atoms with Gasteiger partial charge in [-0.05, 0) is 43.3 Å². The third-order valence-corrected chi connectivity index (χ3v) is 3.09. The van der Waals surface area contributed by atoms with Gasteiger partial charge in [0.05, 0.1) is 6.54 Å². The summed E-state index contributed by atoms with van der Waals surface area (Å²) in [5.74, 6) is -0.824. The van der Waals surface area contributed by atoms with Crippen molar-refractivity contribution in [3.05, 3.63) is 54.1 Å². The Bertz CT molecular complexity index is 758. The molecule has 0 aliphatic carbocycles. The predicted octanol–water partition coefficient (Wildman–Crippen LogP) is 3.84. The third kappa shape index (κ3) is 6.17. The molecule has 2 aromatic rings. The minimum Gasteiger partial charge on any atom is -0.406 e. The van der Waals surface area contributed by atoms with Gasteiger partial charge in [0.25, 0.3) is 0 Å². The number of rotatable bonds is 6. The van der Waals surface area contributed by atoms with Gasteiger partial charge in [-0.3, -0.25) is 9.59 Å². The number of carbonyl (C=O) groups excluding carboxylic acids is 2. The Morgan fingerprint density at radius 3 is 2.32 bits per heavy atom.